The lowest BCUT2D eigenvalue weighted by Crippen LogP contribution is -2.37. The van der Waals surface area contributed by atoms with Gasteiger partial charge < -0.3 is 10.1 Å². The van der Waals surface area contributed by atoms with Crippen LogP contribution < -0.4 is 10.2 Å². The Balaban J connectivity index is 1.27. The monoisotopic (exact) mass is 514 g/mol. The van der Waals surface area contributed by atoms with Crippen LogP contribution in [0.1, 0.15) is 27.9 Å². The van der Waals surface area contributed by atoms with Gasteiger partial charge in [-0.3, -0.25) is 19.3 Å². The van der Waals surface area contributed by atoms with Crippen LogP contribution in [0, 0.1) is 37.5 Å². The van der Waals surface area contributed by atoms with Gasteiger partial charge in [0, 0.05) is 5.69 Å². The van der Waals surface area contributed by atoms with E-state index in [1.807, 2.05) is 32.0 Å². The largest absolute Gasteiger partial charge is 0.452 e. The Bertz CT molecular complexity index is 1220. The van der Waals surface area contributed by atoms with E-state index in [2.05, 4.69) is 5.32 Å². The molecule has 1 heterocycles. The Morgan fingerprint density at radius 1 is 1.00 bits per heavy atom. The molecular weight excluding hydrogens is 491 g/mol. The molecule has 9 heteroatoms. The van der Waals surface area contributed by atoms with Gasteiger partial charge >= 0.3 is 5.97 Å². The van der Waals surface area contributed by atoms with Gasteiger partial charge in [0.15, 0.2) is 6.61 Å². The van der Waals surface area contributed by atoms with E-state index >= 15 is 0 Å². The zero-order valence-electron chi connectivity index (χ0n) is 19.2. The quantitative estimate of drug-likeness (QED) is 0.368. The average molecular weight is 515 g/mol. The summed E-state index contributed by atoms with van der Waals surface area (Å²) in [6.45, 7) is 3.31. The highest BCUT2D eigenvalue weighted by Gasteiger charge is 2.66. The summed E-state index contributed by atoms with van der Waals surface area (Å²) in [5.41, 5.74) is 2.96. The molecule has 0 radical (unpaired) electrons. The minimum Gasteiger partial charge on any atom is -0.452 e. The first-order valence-corrected chi connectivity index (χ1v) is 12.3. The summed E-state index contributed by atoms with van der Waals surface area (Å²) in [7, 11) is 0. The molecule has 2 aromatic carbocycles. The van der Waals surface area contributed by atoms with E-state index in [1.165, 1.54) is 12.1 Å². The molecule has 2 aromatic rings. The summed E-state index contributed by atoms with van der Waals surface area (Å²) in [6, 6.07) is 11.8. The van der Waals surface area contributed by atoms with E-state index in [-0.39, 0.29) is 40.0 Å². The molecule has 3 amide bonds. The lowest BCUT2D eigenvalue weighted by molar-refractivity contribution is -0.123. The number of anilines is 2. The molecule has 1 saturated heterocycles. The number of hydrogen-bond donors (Lipinski definition) is 1. The van der Waals surface area contributed by atoms with Gasteiger partial charge in [-0.2, -0.15) is 0 Å². The van der Waals surface area contributed by atoms with Gasteiger partial charge in [-0.05, 0) is 67.5 Å². The van der Waals surface area contributed by atoms with Crippen molar-refractivity contribution in [2.75, 3.05) is 16.8 Å². The van der Waals surface area contributed by atoms with E-state index in [9.17, 15) is 19.2 Å². The number of ether oxygens (including phenoxy) is 1. The van der Waals surface area contributed by atoms with Crippen molar-refractivity contribution in [2.45, 2.75) is 31.0 Å². The molecule has 3 fully saturated rings. The molecule has 3 aliphatic rings. The van der Waals surface area contributed by atoms with Crippen LogP contribution in [0.15, 0.2) is 42.5 Å². The fraction of sp³-hybridized carbons (Fsp3) is 0.385. The highest BCUT2D eigenvalue weighted by Crippen LogP contribution is 2.59. The molecule has 35 heavy (non-hydrogen) atoms. The number of nitrogens with zero attached hydrogens (tertiary/aromatic N) is 1. The van der Waals surface area contributed by atoms with Crippen molar-refractivity contribution in [1.29, 1.82) is 0 Å². The van der Waals surface area contributed by atoms with Crippen molar-refractivity contribution in [2.24, 2.45) is 23.7 Å². The number of carbonyl (C=O) groups excluding carboxylic acids is 4. The zero-order valence-corrected chi connectivity index (χ0v) is 20.7. The van der Waals surface area contributed by atoms with Crippen molar-refractivity contribution in [1.82, 2.24) is 0 Å². The summed E-state index contributed by atoms with van der Waals surface area (Å²) in [5, 5.41) is 2.06. The Morgan fingerprint density at radius 2 is 1.66 bits per heavy atom. The van der Waals surface area contributed by atoms with Crippen molar-refractivity contribution in [3.63, 3.8) is 0 Å². The summed E-state index contributed by atoms with van der Waals surface area (Å²) in [4.78, 5) is 52.4. The molecule has 6 atom stereocenters. The fourth-order valence-corrected chi connectivity index (χ4v) is 6.54. The Hall–Kier alpha value is -2.90. The molecule has 1 aliphatic heterocycles. The first-order chi connectivity index (χ1) is 16.7. The first-order valence-electron chi connectivity index (χ1n) is 11.5. The maximum Gasteiger partial charge on any atom is 0.338 e. The maximum absolute atomic E-state index is 13.2. The number of nitrogens with one attached hydrogen (secondary N) is 1. The second kappa shape index (κ2) is 8.95. The Morgan fingerprint density at radius 3 is 2.31 bits per heavy atom. The van der Waals surface area contributed by atoms with Gasteiger partial charge in [0.1, 0.15) is 0 Å². The minimum absolute atomic E-state index is 0.126. The van der Waals surface area contributed by atoms with Crippen LogP contribution in [0.25, 0.3) is 0 Å². The number of rotatable bonds is 5. The molecule has 1 N–H and O–H groups in total. The minimum atomic E-state index is -0.732. The van der Waals surface area contributed by atoms with E-state index in [1.54, 1.807) is 12.1 Å². The van der Waals surface area contributed by atoms with Gasteiger partial charge in [-0.15, -0.1) is 23.2 Å². The second-order valence-corrected chi connectivity index (χ2v) is 10.5. The number of halogens is 2. The number of fused-ring (bicyclic) bond motifs is 5. The van der Waals surface area contributed by atoms with Crippen molar-refractivity contribution in [3.8, 4) is 0 Å². The molecule has 0 aromatic heterocycles. The van der Waals surface area contributed by atoms with Crippen LogP contribution in [-0.2, 0) is 19.1 Å². The number of alkyl halides is 2. The Kier molecular flexibility index (Phi) is 6.09. The van der Waals surface area contributed by atoms with Crippen LogP contribution >= 0.6 is 23.2 Å². The third-order valence-electron chi connectivity index (χ3n) is 7.33. The van der Waals surface area contributed by atoms with E-state index in [0.717, 1.165) is 16.0 Å². The standard InChI is InChI=1S/C26H24Cl2N2O5/c1-12-6-7-13(2)18(8-12)29-19(31)11-35-26(34)14-4-3-5-15(9-14)30-24(32)20-16-10-17(21(20)25(30)33)23(28)22(16)27/h3-9,16-17,20-23H,10-11H2,1-2H3,(H,29,31)/t16-,17-,20-,21+,22-,23+/m1/s1. The van der Waals surface area contributed by atoms with Crippen molar-refractivity contribution < 1.29 is 23.9 Å². The van der Waals surface area contributed by atoms with E-state index < -0.39 is 30.3 Å². The van der Waals surface area contributed by atoms with Crippen LogP contribution in [0.3, 0.4) is 0 Å². The molecule has 0 unspecified atom stereocenters. The lowest BCUT2D eigenvalue weighted by Gasteiger charge is -2.28. The van der Waals surface area contributed by atoms with Crippen molar-refractivity contribution >= 4 is 58.3 Å². The van der Waals surface area contributed by atoms with Gasteiger partial charge in [0.2, 0.25) is 11.8 Å². The molecule has 5 rings (SSSR count). The van der Waals surface area contributed by atoms with Gasteiger partial charge in [0.05, 0.1) is 33.8 Å². The average Bonchev–Trinajstić information content (AvgIpc) is 3.44. The van der Waals surface area contributed by atoms with E-state index in [4.69, 9.17) is 27.9 Å². The summed E-state index contributed by atoms with van der Waals surface area (Å²) in [5.74, 6) is -3.02. The normalized spacial score (nSPS) is 28.9. The predicted molar refractivity (Wildman–Crippen MR) is 132 cm³/mol. The topological polar surface area (TPSA) is 92.8 Å². The highest BCUT2D eigenvalue weighted by molar-refractivity contribution is 6.32. The second-order valence-electron chi connectivity index (χ2n) is 9.51. The Labute approximate surface area is 212 Å². The molecular formula is C26H24Cl2N2O5. The number of benzene rings is 2. The maximum atomic E-state index is 13.2. The van der Waals surface area contributed by atoms with Gasteiger partial charge in [0.25, 0.3) is 5.91 Å². The number of esters is 1. The van der Waals surface area contributed by atoms with Gasteiger partial charge in [-0.25, -0.2) is 4.79 Å². The molecule has 0 spiro atoms. The summed E-state index contributed by atoms with van der Waals surface area (Å²) < 4.78 is 5.18. The number of imide groups is 1. The first kappa shape index (κ1) is 23.8. The third kappa shape index (κ3) is 4.00. The lowest BCUT2D eigenvalue weighted by atomic mass is 9.80. The van der Waals surface area contributed by atoms with Crippen LogP contribution in [-0.4, -0.2) is 41.1 Å². The molecule has 2 aliphatic carbocycles. The third-order valence-corrected chi connectivity index (χ3v) is 8.65. The fourth-order valence-electron chi connectivity index (χ4n) is 5.65. The van der Waals surface area contributed by atoms with Crippen molar-refractivity contribution in [3.05, 3.63) is 59.2 Å². The summed E-state index contributed by atoms with van der Waals surface area (Å²) in [6.07, 6.45) is 0.680. The van der Waals surface area contributed by atoms with Gasteiger partial charge in [-0.1, -0.05) is 18.2 Å². The van der Waals surface area contributed by atoms with Crippen LogP contribution in [0.2, 0.25) is 0 Å². The smallest absolute Gasteiger partial charge is 0.338 e. The molecule has 2 saturated carbocycles. The zero-order chi connectivity index (χ0) is 25.0. The predicted octanol–water partition coefficient (Wildman–Crippen LogP) is 4.07. The van der Waals surface area contributed by atoms with Crippen LogP contribution in [0.4, 0.5) is 11.4 Å². The molecule has 7 nitrogen and oxygen atoms in total. The van der Waals surface area contributed by atoms with Crippen LogP contribution in [0.5, 0.6) is 0 Å². The van der Waals surface area contributed by atoms with E-state index in [0.29, 0.717) is 17.8 Å². The number of carbonyl (C=O) groups is 4. The summed E-state index contributed by atoms with van der Waals surface area (Å²) >= 11 is 12.8. The highest BCUT2D eigenvalue weighted by atomic mass is 35.5. The molecule has 2 bridgehead atoms. The SMILES string of the molecule is Cc1ccc(C)c(NC(=O)COC(=O)c2cccc(N3C(=O)[C@@H]4[C@H]5C[C@@H]([C@H](Cl)[C@@H]5Cl)[C@@H]4C3=O)c2)c1. The number of hydrogen-bond acceptors (Lipinski definition) is 5. The number of aryl methyl sites for hydroxylation is 2. The molecule has 182 valence electrons. The number of amides is 3.